The fraction of sp³-hybridized carbons (Fsp3) is 0.222. The van der Waals surface area contributed by atoms with Crippen LogP contribution in [0.4, 0.5) is 4.39 Å². The molecular formula is C9H8ClFO3. The molecule has 76 valence electrons. The Hall–Kier alpha value is -1.29. The summed E-state index contributed by atoms with van der Waals surface area (Å²) in [5, 5.41) is -0.102. The van der Waals surface area contributed by atoms with Crippen LogP contribution in [0.2, 0.25) is 5.02 Å². The minimum atomic E-state index is -0.687. The van der Waals surface area contributed by atoms with Crippen LogP contribution in [0.5, 0.6) is 5.75 Å². The molecule has 1 rings (SSSR count). The maximum atomic E-state index is 13.0. The lowest BCUT2D eigenvalue weighted by molar-refractivity contribution is 0.0596. The number of hydrogen-bond donors (Lipinski definition) is 0. The summed E-state index contributed by atoms with van der Waals surface area (Å²) in [6.07, 6.45) is 0. The second-order valence-corrected chi connectivity index (χ2v) is 2.87. The van der Waals surface area contributed by atoms with Gasteiger partial charge in [-0.3, -0.25) is 0 Å². The molecule has 0 fully saturated rings. The minimum absolute atomic E-state index is 0.0110. The van der Waals surface area contributed by atoms with Crippen molar-refractivity contribution in [1.29, 1.82) is 0 Å². The molecule has 0 aliphatic rings. The van der Waals surface area contributed by atoms with Crippen LogP contribution in [0.15, 0.2) is 12.1 Å². The van der Waals surface area contributed by atoms with Crippen molar-refractivity contribution >= 4 is 17.6 Å². The summed E-state index contributed by atoms with van der Waals surface area (Å²) in [6.45, 7) is 0. The van der Waals surface area contributed by atoms with E-state index < -0.39 is 11.8 Å². The molecule has 0 bridgehead atoms. The van der Waals surface area contributed by atoms with E-state index in [9.17, 15) is 9.18 Å². The van der Waals surface area contributed by atoms with Crippen LogP contribution in [0.3, 0.4) is 0 Å². The largest absolute Gasteiger partial charge is 0.496 e. The van der Waals surface area contributed by atoms with E-state index in [-0.39, 0.29) is 16.3 Å². The van der Waals surface area contributed by atoms with Gasteiger partial charge in [0.1, 0.15) is 17.1 Å². The first-order chi connectivity index (χ1) is 6.60. The number of rotatable bonds is 2. The molecule has 0 aliphatic carbocycles. The van der Waals surface area contributed by atoms with Crippen LogP contribution in [0, 0.1) is 5.82 Å². The molecule has 14 heavy (non-hydrogen) atoms. The number of ether oxygens (including phenoxy) is 2. The third-order valence-electron chi connectivity index (χ3n) is 1.65. The van der Waals surface area contributed by atoms with Crippen molar-refractivity contribution < 1.29 is 18.7 Å². The highest BCUT2D eigenvalue weighted by atomic mass is 35.5. The third-order valence-corrected chi connectivity index (χ3v) is 1.94. The molecule has 1 aromatic carbocycles. The highest BCUT2D eigenvalue weighted by Gasteiger charge is 2.15. The summed E-state index contributed by atoms with van der Waals surface area (Å²) in [6, 6.07) is 2.20. The first kappa shape index (κ1) is 10.8. The molecule has 0 heterocycles. The first-order valence-electron chi connectivity index (χ1n) is 3.71. The zero-order chi connectivity index (χ0) is 10.7. The quantitative estimate of drug-likeness (QED) is 0.715. The first-order valence-corrected chi connectivity index (χ1v) is 4.09. The molecule has 0 radical (unpaired) electrons. The fourth-order valence-electron chi connectivity index (χ4n) is 0.967. The number of hydrogen-bond acceptors (Lipinski definition) is 3. The Labute approximate surface area is 85.4 Å². The molecule has 0 aromatic heterocycles. The number of carbonyl (C=O) groups excluding carboxylic acids is 1. The zero-order valence-electron chi connectivity index (χ0n) is 7.64. The van der Waals surface area contributed by atoms with E-state index in [0.29, 0.717) is 0 Å². The lowest BCUT2D eigenvalue weighted by Crippen LogP contribution is -2.04. The van der Waals surface area contributed by atoms with E-state index in [1.807, 2.05) is 0 Å². The summed E-state index contributed by atoms with van der Waals surface area (Å²) < 4.78 is 22.3. The van der Waals surface area contributed by atoms with E-state index >= 15 is 0 Å². The molecule has 0 unspecified atom stereocenters. The number of halogens is 2. The van der Waals surface area contributed by atoms with Crippen LogP contribution in [0.1, 0.15) is 10.4 Å². The van der Waals surface area contributed by atoms with Crippen LogP contribution in [-0.4, -0.2) is 20.2 Å². The average molecular weight is 219 g/mol. The number of benzene rings is 1. The molecule has 0 saturated heterocycles. The normalized spacial score (nSPS) is 9.71. The van der Waals surface area contributed by atoms with Gasteiger partial charge in [-0.25, -0.2) is 9.18 Å². The monoisotopic (exact) mass is 218 g/mol. The summed E-state index contributed by atoms with van der Waals surface area (Å²) in [7, 11) is 2.56. The molecule has 0 amide bonds. The maximum absolute atomic E-state index is 13.0. The molecule has 0 spiro atoms. The Bertz CT molecular complexity index is 365. The molecule has 5 heteroatoms. The zero-order valence-corrected chi connectivity index (χ0v) is 8.39. The van der Waals surface area contributed by atoms with Crippen LogP contribution < -0.4 is 4.74 Å². The van der Waals surface area contributed by atoms with Crippen molar-refractivity contribution in [3.63, 3.8) is 0 Å². The van der Waals surface area contributed by atoms with Crippen molar-refractivity contribution in [2.24, 2.45) is 0 Å². The third kappa shape index (κ3) is 1.96. The molecule has 0 aliphatic heterocycles. The summed E-state index contributed by atoms with van der Waals surface area (Å²) in [5.74, 6) is -1.17. The van der Waals surface area contributed by atoms with Crippen LogP contribution in [-0.2, 0) is 4.74 Å². The molecule has 0 N–H and O–H groups in total. The Morgan fingerprint density at radius 3 is 2.57 bits per heavy atom. The van der Waals surface area contributed by atoms with Gasteiger partial charge in [0, 0.05) is 6.07 Å². The molecule has 0 atom stereocenters. The second-order valence-electron chi connectivity index (χ2n) is 2.46. The van der Waals surface area contributed by atoms with E-state index in [0.717, 1.165) is 6.07 Å². The van der Waals surface area contributed by atoms with E-state index in [2.05, 4.69) is 4.74 Å². The van der Waals surface area contributed by atoms with E-state index in [1.54, 1.807) is 0 Å². The topological polar surface area (TPSA) is 35.5 Å². The second kappa shape index (κ2) is 4.28. The van der Waals surface area contributed by atoms with Gasteiger partial charge in [-0.1, -0.05) is 11.6 Å². The van der Waals surface area contributed by atoms with Crippen LogP contribution >= 0.6 is 11.6 Å². The van der Waals surface area contributed by atoms with Gasteiger partial charge in [0.05, 0.1) is 19.2 Å². The Kier molecular flexibility index (Phi) is 3.30. The standard InChI is InChI=1S/C9H8ClFO3/c1-13-8-4-6(10)7(11)3-5(8)9(12)14-2/h3-4H,1-2H3. The molecule has 1 aromatic rings. The van der Waals surface area contributed by atoms with Gasteiger partial charge in [-0.2, -0.15) is 0 Å². The number of esters is 1. The Balaban J connectivity index is 3.27. The number of carbonyl (C=O) groups is 1. The average Bonchev–Trinajstić information content (AvgIpc) is 2.20. The predicted octanol–water partition coefficient (Wildman–Crippen LogP) is 2.27. The SMILES string of the molecule is COC(=O)c1cc(F)c(Cl)cc1OC. The van der Waals surface area contributed by atoms with Gasteiger partial charge in [-0.05, 0) is 6.07 Å². The summed E-state index contributed by atoms with van der Waals surface area (Å²) in [5.41, 5.74) is 0.0110. The van der Waals surface area contributed by atoms with Crippen LogP contribution in [0.25, 0.3) is 0 Å². The summed E-state index contributed by atoms with van der Waals surface area (Å²) in [4.78, 5) is 11.1. The van der Waals surface area contributed by atoms with Gasteiger partial charge >= 0.3 is 5.97 Å². The van der Waals surface area contributed by atoms with E-state index in [4.69, 9.17) is 16.3 Å². The molecule has 0 saturated carbocycles. The Morgan fingerprint density at radius 2 is 2.07 bits per heavy atom. The number of methoxy groups -OCH3 is 2. The maximum Gasteiger partial charge on any atom is 0.341 e. The van der Waals surface area contributed by atoms with Crippen molar-refractivity contribution in [3.05, 3.63) is 28.5 Å². The highest BCUT2D eigenvalue weighted by Crippen LogP contribution is 2.26. The lowest BCUT2D eigenvalue weighted by atomic mass is 10.2. The lowest BCUT2D eigenvalue weighted by Gasteiger charge is -2.07. The van der Waals surface area contributed by atoms with Crippen molar-refractivity contribution in [1.82, 2.24) is 0 Å². The summed E-state index contributed by atoms with van der Waals surface area (Å²) >= 11 is 5.51. The van der Waals surface area contributed by atoms with Gasteiger partial charge in [-0.15, -0.1) is 0 Å². The van der Waals surface area contributed by atoms with Crippen molar-refractivity contribution in [2.75, 3.05) is 14.2 Å². The van der Waals surface area contributed by atoms with Crippen molar-refractivity contribution in [3.8, 4) is 5.75 Å². The molecule has 3 nitrogen and oxygen atoms in total. The van der Waals surface area contributed by atoms with Gasteiger partial charge in [0.15, 0.2) is 0 Å². The van der Waals surface area contributed by atoms with E-state index in [1.165, 1.54) is 20.3 Å². The van der Waals surface area contributed by atoms with Gasteiger partial charge < -0.3 is 9.47 Å². The smallest absolute Gasteiger partial charge is 0.341 e. The molecular weight excluding hydrogens is 211 g/mol. The predicted molar refractivity (Wildman–Crippen MR) is 49.3 cm³/mol. The minimum Gasteiger partial charge on any atom is -0.496 e. The van der Waals surface area contributed by atoms with Gasteiger partial charge in [0.25, 0.3) is 0 Å². The van der Waals surface area contributed by atoms with Crippen molar-refractivity contribution in [2.45, 2.75) is 0 Å². The Morgan fingerprint density at radius 1 is 1.43 bits per heavy atom. The fourth-order valence-corrected chi connectivity index (χ4v) is 1.12. The van der Waals surface area contributed by atoms with Gasteiger partial charge in [0.2, 0.25) is 0 Å². The highest BCUT2D eigenvalue weighted by molar-refractivity contribution is 6.31.